The molecule has 2 atom stereocenters. The van der Waals surface area contributed by atoms with Crippen LogP contribution >= 0.6 is 0 Å². The van der Waals surface area contributed by atoms with Gasteiger partial charge < -0.3 is 20.1 Å². The summed E-state index contributed by atoms with van der Waals surface area (Å²) in [6, 6.07) is 1.58. The molecule has 1 aliphatic heterocycles. The van der Waals surface area contributed by atoms with Gasteiger partial charge in [-0.15, -0.1) is 0 Å². The summed E-state index contributed by atoms with van der Waals surface area (Å²) in [7, 11) is 1.17. The van der Waals surface area contributed by atoms with Crippen LogP contribution in [0.15, 0.2) is 12.1 Å². The number of hydrogen-bond donors (Lipinski definition) is 2. The molecular weight excluding hydrogens is 294 g/mol. The van der Waals surface area contributed by atoms with Crippen molar-refractivity contribution in [1.82, 2.24) is 4.90 Å². The zero-order chi connectivity index (χ0) is 16.3. The van der Waals surface area contributed by atoms with Gasteiger partial charge in [0.25, 0.3) is 0 Å². The topological polar surface area (TPSA) is 61.8 Å². The highest BCUT2D eigenvalue weighted by Crippen LogP contribution is 2.26. The summed E-state index contributed by atoms with van der Waals surface area (Å²) in [6.07, 6.45) is 1.15. The minimum Gasteiger partial charge on any atom is -0.491 e. The van der Waals surface area contributed by atoms with E-state index in [1.165, 1.54) is 7.11 Å². The van der Waals surface area contributed by atoms with Crippen molar-refractivity contribution in [1.29, 1.82) is 0 Å². The van der Waals surface area contributed by atoms with Gasteiger partial charge in [-0.3, -0.25) is 0 Å². The standard InChI is InChI=1S/C15H20F2N2O3/c1-9(20)10-4-3-5-19(8-10)15(21)18-11-6-12(16)14(22-2)13(17)7-11/h6-7,9-10,20H,3-5,8H2,1-2H3,(H,18,21). The van der Waals surface area contributed by atoms with E-state index in [9.17, 15) is 18.7 Å². The Bertz CT molecular complexity index is 529. The van der Waals surface area contributed by atoms with Gasteiger partial charge in [-0.2, -0.15) is 0 Å². The maximum atomic E-state index is 13.6. The molecule has 2 unspecified atom stereocenters. The third kappa shape index (κ3) is 3.65. The number of amides is 2. The summed E-state index contributed by atoms with van der Waals surface area (Å²) >= 11 is 0. The smallest absolute Gasteiger partial charge is 0.321 e. The van der Waals surface area contributed by atoms with E-state index in [0.29, 0.717) is 13.1 Å². The Kier molecular flexibility index (Phi) is 5.18. The Balaban J connectivity index is 2.06. The fourth-order valence-electron chi connectivity index (χ4n) is 2.62. The molecule has 7 heteroatoms. The average Bonchev–Trinajstić information content (AvgIpc) is 2.47. The summed E-state index contributed by atoms with van der Waals surface area (Å²) in [5.74, 6) is -2.22. The predicted octanol–water partition coefficient (Wildman–Crippen LogP) is 2.60. The van der Waals surface area contributed by atoms with Gasteiger partial charge in [0.15, 0.2) is 17.4 Å². The van der Waals surface area contributed by atoms with Gasteiger partial charge in [-0.25, -0.2) is 13.6 Å². The molecule has 5 nitrogen and oxygen atoms in total. The first-order valence-electron chi connectivity index (χ1n) is 7.19. The molecule has 0 radical (unpaired) electrons. The van der Waals surface area contributed by atoms with Crippen LogP contribution in [0.3, 0.4) is 0 Å². The van der Waals surface area contributed by atoms with Crippen molar-refractivity contribution >= 4 is 11.7 Å². The van der Waals surface area contributed by atoms with Crippen LogP contribution in [0.2, 0.25) is 0 Å². The van der Waals surface area contributed by atoms with Crippen molar-refractivity contribution < 1.29 is 23.4 Å². The summed E-state index contributed by atoms with van der Waals surface area (Å²) in [6.45, 7) is 2.67. The molecule has 0 saturated carbocycles. The van der Waals surface area contributed by atoms with Crippen molar-refractivity contribution in [2.45, 2.75) is 25.9 Å². The van der Waals surface area contributed by atoms with Crippen molar-refractivity contribution in [3.05, 3.63) is 23.8 Å². The molecule has 2 amide bonds. The molecule has 1 aromatic rings. The Labute approximate surface area is 127 Å². The highest BCUT2D eigenvalue weighted by Gasteiger charge is 2.26. The van der Waals surface area contributed by atoms with Gasteiger partial charge in [0.05, 0.1) is 13.2 Å². The second kappa shape index (κ2) is 6.91. The molecule has 1 aromatic carbocycles. The lowest BCUT2D eigenvalue weighted by Crippen LogP contribution is -2.44. The Morgan fingerprint density at radius 2 is 2.09 bits per heavy atom. The molecule has 0 spiro atoms. The number of likely N-dealkylation sites (tertiary alicyclic amines) is 1. The number of benzene rings is 1. The monoisotopic (exact) mass is 314 g/mol. The normalized spacial score (nSPS) is 19.7. The highest BCUT2D eigenvalue weighted by atomic mass is 19.1. The number of aliphatic hydroxyl groups excluding tert-OH is 1. The lowest BCUT2D eigenvalue weighted by molar-refractivity contribution is 0.0766. The van der Waals surface area contributed by atoms with Gasteiger partial charge in [-0.05, 0) is 19.8 Å². The van der Waals surface area contributed by atoms with Crippen molar-refractivity contribution in [3.8, 4) is 5.75 Å². The second-order valence-electron chi connectivity index (χ2n) is 5.49. The summed E-state index contributed by atoms with van der Waals surface area (Å²) in [4.78, 5) is 13.7. The number of nitrogens with one attached hydrogen (secondary N) is 1. The molecule has 0 aliphatic carbocycles. The molecule has 1 heterocycles. The molecule has 0 aromatic heterocycles. The summed E-state index contributed by atoms with van der Waals surface area (Å²) in [5.41, 5.74) is 0.0278. The zero-order valence-corrected chi connectivity index (χ0v) is 12.6. The largest absolute Gasteiger partial charge is 0.491 e. The molecular formula is C15H20F2N2O3. The number of ether oxygens (including phenoxy) is 1. The molecule has 2 N–H and O–H groups in total. The van der Waals surface area contributed by atoms with E-state index in [0.717, 1.165) is 25.0 Å². The molecule has 2 rings (SSSR count). The van der Waals surface area contributed by atoms with Gasteiger partial charge in [0.1, 0.15) is 0 Å². The van der Waals surface area contributed by atoms with Crippen LogP contribution in [0.4, 0.5) is 19.3 Å². The Hall–Kier alpha value is -1.89. The van der Waals surface area contributed by atoms with Gasteiger partial charge in [0, 0.05) is 36.8 Å². The molecule has 1 aliphatic rings. The first kappa shape index (κ1) is 16.5. The maximum Gasteiger partial charge on any atom is 0.321 e. The average molecular weight is 314 g/mol. The van der Waals surface area contributed by atoms with Crippen LogP contribution in [0.1, 0.15) is 19.8 Å². The number of halogens is 2. The predicted molar refractivity (Wildman–Crippen MR) is 77.9 cm³/mol. The maximum absolute atomic E-state index is 13.6. The number of methoxy groups -OCH3 is 1. The van der Waals surface area contributed by atoms with E-state index in [4.69, 9.17) is 0 Å². The van der Waals surface area contributed by atoms with E-state index in [2.05, 4.69) is 10.1 Å². The van der Waals surface area contributed by atoms with E-state index in [1.807, 2.05) is 0 Å². The SMILES string of the molecule is COc1c(F)cc(NC(=O)N2CCCC(C(C)O)C2)cc1F. The fraction of sp³-hybridized carbons (Fsp3) is 0.533. The lowest BCUT2D eigenvalue weighted by Gasteiger charge is -2.34. The summed E-state index contributed by atoms with van der Waals surface area (Å²) in [5, 5.41) is 12.1. The minimum atomic E-state index is -0.877. The molecule has 1 fully saturated rings. The number of piperidine rings is 1. The lowest BCUT2D eigenvalue weighted by atomic mass is 9.94. The minimum absolute atomic E-state index is 0.0174. The van der Waals surface area contributed by atoms with Gasteiger partial charge in [-0.1, -0.05) is 0 Å². The van der Waals surface area contributed by atoms with Crippen LogP contribution in [0, 0.1) is 17.6 Å². The highest BCUT2D eigenvalue weighted by molar-refractivity contribution is 5.89. The summed E-state index contributed by atoms with van der Waals surface area (Å²) < 4.78 is 31.8. The van der Waals surface area contributed by atoms with E-state index in [-0.39, 0.29) is 11.6 Å². The Morgan fingerprint density at radius 1 is 1.45 bits per heavy atom. The number of aliphatic hydroxyl groups is 1. The fourth-order valence-corrected chi connectivity index (χ4v) is 2.62. The van der Waals surface area contributed by atoms with Gasteiger partial charge in [0.2, 0.25) is 0 Å². The van der Waals surface area contributed by atoms with Crippen molar-refractivity contribution in [2.24, 2.45) is 5.92 Å². The number of urea groups is 1. The quantitative estimate of drug-likeness (QED) is 0.901. The molecule has 0 bridgehead atoms. The Morgan fingerprint density at radius 3 is 2.64 bits per heavy atom. The second-order valence-corrected chi connectivity index (χ2v) is 5.49. The first-order chi connectivity index (χ1) is 10.4. The molecule has 122 valence electrons. The van der Waals surface area contributed by atoms with Gasteiger partial charge >= 0.3 is 6.03 Å². The van der Waals surface area contributed by atoms with Crippen LogP contribution < -0.4 is 10.1 Å². The third-order valence-corrected chi connectivity index (χ3v) is 3.88. The number of carbonyl (C=O) groups is 1. The number of carbonyl (C=O) groups excluding carboxylic acids is 1. The van der Waals surface area contributed by atoms with E-state index in [1.54, 1.807) is 11.8 Å². The van der Waals surface area contributed by atoms with E-state index < -0.39 is 29.5 Å². The van der Waals surface area contributed by atoms with Crippen LogP contribution in [0.5, 0.6) is 5.75 Å². The third-order valence-electron chi connectivity index (χ3n) is 3.88. The number of anilines is 1. The molecule has 1 saturated heterocycles. The van der Waals surface area contributed by atoms with Crippen LogP contribution in [0.25, 0.3) is 0 Å². The van der Waals surface area contributed by atoms with Crippen LogP contribution in [-0.2, 0) is 0 Å². The first-order valence-corrected chi connectivity index (χ1v) is 7.19. The number of hydrogen-bond acceptors (Lipinski definition) is 3. The number of rotatable bonds is 3. The van der Waals surface area contributed by atoms with Crippen LogP contribution in [-0.4, -0.2) is 42.3 Å². The van der Waals surface area contributed by atoms with Crippen molar-refractivity contribution in [3.63, 3.8) is 0 Å². The van der Waals surface area contributed by atoms with Crippen molar-refractivity contribution in [2.75, 3.05) is 25.5 Å². The number of nitrogens with zero attached hydrogens (tertiary/aromatic N) is 1. The van der Waals surface area contributed by atoms with E-state index >= 15 is 0 Å². The zero-order valence-electron chi connectivity index (χ0n) is 12.6. The molecule has 22 heavy (non-hydrogen) atoms.